The molecule has 0 bridgehead atoms. The molecule has 0 saturated carbocycles. The van der Waals surface area contributed by atoms with Gasteiger partial charge in [-0.2, -0.15) is 0 Å². The Balaban J connectivity index is 1.40. The van der Waals surface area contributed by atoms with Crippen molar-refractivity contribution < 1.29 is 4.39 Å². The van der Waals surface area contributed by atoms with E-state index in [1.54, 1.807) is 0 Å². The molecule has 0 amide bonds. The van der Waals surface area contributed by atoms with Gasteiger partial charge in [0.2, 0.25) is 0 Å². The van der Waals surface area contributed by atoms with E-state index < -0.39 is 0 Å². The van der Waals surface area contributed by atoms with Crippen LogP contribution in [0.2, 0.25) is 0 Å². The molecule has 170 valence electrons. The summed E-state index contributed by atoms with van der Waals surface area (Å²) >= 11 is 0. The van der Waals surface area contributed by atoms with Crippen LogP contribution in [0.25, 0.3) is 18.7 Å². The highest BCUT2D eigenvalue weighted by molar-refractivity contribution is 5.47. The van der Waals surface area contributed by atoms with E-state index in [1.165, 1.54) is 23.4 Å². The zero-order valence-corrected chi connectivity index (χ0v) is 19.4. The Hall–Kier alpha value is -3.37. The second-order valence-electron chi connectivity index (χ2n) is 8.54. The average molecular weight is 442 g/mol. The molecule has 1 aromatic heterocycles. The molecule has 1 fully saturated rings. The maximum Gasteiger partial charge on any atom is 0.123 e. The Bertz CT molecular complexity index is 1210. The van der Waals surface area contributed by atoms with Crippen molar-refractivity contribution in [2.45, 2.75) is 20.0 Å². The molecule has 0 unspecified atom stereocenters. The number of piperazine rings is 1. The van der Waals surface area contributed by atoms with Crippen molar-refractivity contribution in [2.75, 3.05) is 26.2 Å². The van der Waals surface area contributed by atoms with Crippen molar-refractivity contribution in [1.29, 1.82) is 0 Å². The summed E-state index contributed by atoms with van der Waals surface area (Å²) in [4.78, 5) is 4.86. The molecule has 1 aliphatic heterocycles. The van der Waals surface area contributed by atoms with Gasteiger partial charge < -0.3 is 9.47 Å². The lowest BCUT2D eigenvalue weighted by molar-refractivity contribution is 0.157. The van der Waals surface area contributed by atoms with Crippen molar-refractivity contribution in [2.24, 2.45) is 0 Å². The number of hydrogen-bond acceptors (Lipinski definition) is 2. The second kappa shape index (κ2) is 10.5. The zero-order chi connectivity index (χ0) is 23.2. The Morgan fingerprint density at radius 2 is 1.55 bits per heavy atom. The van der Waals surface area contributed by atoms with Crippen molar-refractivity contribution in [3.8, 4) is 0 Å². The number of nitrogens with zero attached hydrogens (tertiary/aromatic N) is 3. The lowest BCUT2D eigenvalue weighted by Gasteiger charge is -2.36. The van der Waals surface area contributed by atoms with E-state index in [2.05, 4.69) is 83.1 Å². The maximum absolute atomic E-state index is 13.2. The van der Waals surface area contributed by atoms with Gasteiger partial charge in [0.1, 0.15) is 5.82 Å². The van der Waals surface area contributed by atoms with Gasteiger partial charge in [-0.25, -0.2) is 4.39 Å². The first-order chi connectivity index (χ1) is 16.1. The molecule has 1 aliphatic rings. The van der Waals surface area contributed by atoms with Crippen molar-refractivity contribution in [3.63, 3.8) is 0 Å². The van der Waals surface area contributed by atoms with Crippen LogP contribution in [0, 0.1) is 5.82 Å². The van der Waals surface area contributed by atoms with E-state index in [0.717, 1.165) is 61.0 Å². The minimum atomic E-state index is -0.180. The number of allylic oxidation sites excluding steroid dienone is 2. The average Bonchev–Trinajstić information content (AvgIpc) is 3.18. The summed E-state index contributed by atoms with van der Waals surface area (Å²) in [7, 11) is 0. The molecule has 3 nitrogen and oxygen atoms in total. The second-order valence-corrected chi connectivity index (χ2v) is 8.54. The quantitative estimate of drug-likeness (QED) is 0.544. The number of aromatic nitrogens is 1. The third kappa shape index (κ3) is 5.71. The normalized spacial score (nSPS) is 15.8. The molecule has 33 heavy (non-hydrogen) atoms. The first-order valence-electron chi connectivity index (χ1n) is 11.5. The van der Waals surface area contributed by atoms with Gasteiger partial charge in [0.25, 0.3) is 0 Å². The van der Waals surface area contributed by atoms with Gasteiger partial charge >= 0.3 is 0 Å². The van der Waals surface area contributed by atoms with Crippen LogP contribution in [-0.2, 0) is 13.1 Å². The fourth-order valence-electron chi connectivity index (χ4n) is 4.29. The van der Waals surface area contributed by atoms with E-state index in [-0.39, 0.29) is 5.82 Å². The van der Waals surface area contributed by atoms with Crippen LogP contribution in [0.4, 0.5) is 4.39 Å². The molecule has 4 rings (SSSR count). The van der Waals surface area contributed by atoms with Crippen molar-refractivity contribution >= 4 is 18.7 Å². The smallest absolute Gasteiger partial charge is 0.123 e. The van der Waals surface area contributed by atoms with Gasteiger partial charge in [0.05, 0.1) is 0 Å². The lowest BCUT2D eigenvalue weighted by Crippen LogP contribution is -2.45. The fraction of sp³-hybridized carbons (Fsp3) is 0.241. The highest BCUT2D eigenvalue weighted by Crippen LogP contribution is 2.14. The molecule has 0 atom stereocenters. The largest absolute Gasteiger partial charge is 0.369 e. The summed E-state index contributed by atoms with van der Waals surface area (Å²) in [5, 5.41) is 2.18. The molecule has 4 heteroatoms. The van der Waals surface area contributed by atoms with Gasteiger partial charge in [0, 0.05) is 61.7 Å². The van der Waals surface area contributed by atoms with Crippen LogP contribution < -0.4 is 10.6 Å². The van der Waals surface area contributed by atoms with Crippen molar-refractivity contribution in [1.82, 2.24) is 14.4 Å². The van der Waals surface area contributed by atoms with Gasteiger partial charge in [0.15, 0.2) is 0 Å². The molecule has 0 radical (unpaired) electrons. The Morgan fingerprint density at radius 1 is 0.909 bits per heavy atom. The molecule has 0 spiro atoms. The van der Waals surface area contributed by atoms with Crippen LogP contribution in [0.1, 0.15) is 23.6 Å². The predicted octanol–water partition coefficient (Wildman–Crippen LogP) is 4.23. The van der Waals surface area contributed by atoms with Gasteiger partial charge in [-0.1, -0.05) is 61.7 Å². The molecule has 2 aromatic carbocycles. The standard InChI is InChI=1S/C29H32FN3/c1-4-24-6-8-26(9-7-24)22-33-15-14-27(23(33)3)20-29(5-2)32-18-16-31(17-19-32)21-25-10-12-28(30)13-11-25/h4-15,20H,1,3,16-19,21-22H2,2H3/b27-20-,29-5+. The summed E-state index contributed by atoms with van der Waals surface area (Å²) in [5.74, 6) is -0.180. The topological polar surface area (TPSA) is 11.4 Å². The van der Waals surface area contributed by atoms with Gasteiger partial charge in [-0.15, -0.1) is 0 Å². The van der Waals surface area contributed by atoms with E-state index in [1.807, 2.05) is 18.2 Å². The van der Waals surface area contributed by atoms with Gasteiger partial charge in [-0.3, -0.25) is 4.90 Å². The summed E-state index contributed by atoms with van der Waals surface area (Å²) in [5.41, 5.74) is 4.76. The van der Waals surface area contributed by atoms with Crippen LogP contribution in [0.3, 0.4) is 0 Å². The van der Waals surface area contributed by atoms with Crippen LogP contribution in [0.5, 0.6) is 0 Å². The maximum atomic E-state index is 13.2. The first-order valence-corrected chi connectivity index (χ1v) is 11.5. The molecular weight excluding hydrogens is 409 g/mol. The minimum Gasteiger partial charge on any atom is -0.369 e. The summed E-state index contributed by atoms with van der Waals surface area (Å²) in [6, 6.07) is 17.4. The van der Waals surface area contributed by atoms with Gasteiger partial charge in [-0.05, 0) is 47.9 Å². The Kier molecular flexibility index (Phi) is 7.26. The monoisotopic (exact) mass is 441 g/mol. The third-order valence-electron chi connectivity index (χ3n) is 6.34. The molecule has 0 N–H and O–H groups in total. The summed E-state index contributed by atoms with van der Waals surface area (Å²) in [6.07, 6.45) is 8.40. The van der Waals surface area contributed by atoms with Crippen LogP contribution in [-0.4, -0.2) is 40.5 Å². The number of hydrogen-bond donors (Lipinski definition) is 0. The first kappa shape index (κ1) is 22.8. The third-order valence-corrected chi connectivity index (χ3v) is 6.34. The molecule has 1 saturated heterocycles. The predicted molar refractivity (Wildman–Crippen MR) is 136 cm³/mol. The molecule has 0 aliphatic carbocycles. The molecule has 2 heterocycles. The van der Waals surface area contributed by atoms with E-state index >= 15 is 0 Å². The molecular formula is C29H32FN3. The van der Waals surface area contributed by atoms with E-state index in [4.69, 9.17) is 0 Å². The summed E-state index contributed by atoms with van der Waals surface area (Å²) in [6.45, 7) is 15.8. The molecule has 3 aromatic rings. The highest BCUT2D eigenvalue weighted by Gasteiger charge is 2.17. The van der Waals surface area contributed by atoms with Crippen LogP contribution in [0.15, 0.2) is 79.1 Å². The Labute approximate surface area is 196 Å². The van der Waals surface area contributed by atoms with Crippen molar-refractivity contribution in [3.05, 3.63) is 112 Å². The zero-order valence-electron chi connectivity index (χ0n) is 19.4. The highest BCUT2D eigenvalue weighted by atomic mass is 19.1. The Morgan fingerprint density at radius 3 is 2.18 bits per heavy atom. The fourth-order valence-corrected chi connectivity index (χ4v) is 4.29. The van der Waals surface area contributed by atoms with E-state index in [9.17, 15) is 4.39 Å². The van der Waals surface area contributed by atoms with Crippen LogP contribution >= 0.6 is 0 Å². The van der Waals surface area contributed by atoms with E-state index in [0.29, 0.717) is 0 Å². The number of rotatable bonds is 7. The number of benzene rings is 2. The minimum absolute atomic E-state index is 0.180. The summed E-state index contributed by atoms with van der Waals surface area (Å²) < 4.78 is 15.3. The number of halogens is 1. The lowest BCUT2D eigenvalue weighted by atomic mass is 10.1. The SMILES string of the molecule is C=Cc1ccc(Cn2cc/c(=C/C(=C\C)N3CCN(Cc4ccc(F)cc4)CC3)c2=C)cc1.